The molecular formula is C7H7F7O2. The molecule has 0 aromatic carbocycles. The third-order valence-electron chi connectivity index (χ3n) is 1.54. The van der Waals surface area contributed by atoms with Crippen LogP contribution in [0.25, 0.3) is 0 Å². The third-order valence-corrected chi connectivity index (χ3v) is 1.54. The number of esters is 1. The summed E-state index contributed by atoms with van der Waals surface area (Å²) in [5.41, 5.74) is 0. The molecule has 2 nitrogen and oxygen atoms in total. The van der Waals surface area contributed by atoms with Crippen molar-refractivity contribution in [2.24, 2.45) is 0 Å². The highest BCUT2D eigenvalue weighted by atomic mass is 19.4. The van der Waals surface area contributed by atoms with Crippen LogP contribution in [0.3, 0.4) is 0 Å². The van der Waals surface area contributed by atoms with Gasteiger partial charge in [0.1, 0.15) is 0 Å². The molecule has 0 saturated carbocycles. The van der Waals surface area contributed by atoms with Crippen molar-refractivity contribution in [1.82, 2.24) is 0 Å². The first-order chi connectivity index (χ1) is 6.92. The van der Waals surface area contributed by atoms with Crippen molar-refractivity contribution >= 4 is 5.97 Å². The number of carbonyl (C=O) groups is 1. The van der Waals surface area contributed by atoms with Gasteiger partial charge in [0.05, 0.1) is 13.0 Å². The van der Waals surface area contributed by atoms with Crippen LogP contribution in [-0.2, 0) is 9.53 Å². The summed E-state index contributed by atoms with van der Waals surface area (Å²) in [6, 6.07) is 0. The Morgan fingerprint density at radius 1 is 1.06 bits per heavy atom. The van der Waals surface area contributed by atoms with Crippen LogP contribution in [0.15, 0.2) is 0 Å². The van der Waals surface area contributed by atoms with Crippen LogP contribution in [0.5, 0.6) is 0 Å². The molecule has 0 N–H and O–H groups in total. The van der Waals surface area contributed by atoms with Crippen LogP contribution in [-0.4, -0.2) is 30.6 Å². The summed E-state index contributed by atoms with van der Waals surface area (Å²) in [5, 5.41) is 0. The van der Waals surface area contributed by atoms with E-state index in [9.17, 15) is 35.5 Å². The molecule has 0 saturated heterocycles. The van der Waals surface area contributed by atoms with E-state index in [1.165, 1.54) is 0 Å². The SMILES string of the molecule is CC(=O)OCCC(F)(F)C(F)(F)C(F)(F)F. The van der Waals surface area contributed by atoms with Gasteiger partial charge in [-0.05, 0) is 0 Å². The highest BCUT2D eigenvalue weighted by molar-refractivity contribution is 5.65. The molecular weight excluding hydrogens is 249 g/mol. The average molecular weight is 256 g/mol. The van der Waals surface area contributed by atoms with Crippen LogP contribution in [0.4, 0.5) is 30.7 Å². The van der Waals surface area contributed by atoms with Gasteiger partial charge < -0.3 is 4.74 Å². The number of carbonyl (C=O) groups excluding carboxylic acids is 1. The maximum Gasteiger partial charge on any atom is 0.459 e. The van der Waals surface area contributed by atoms with Gasteiger partial charge in [0, 0.05) is 6.92 Å². The molecule has 0 amide bonds. The molecule has 0 bridgehead atoms. The van der Waals surface area contributed by atoms with Gasteiger partial charge in [-0.2, -0.15) is 30.7 Å². The van der Waals surface area contributed by atoms with Gasteiger partial charge in [0.25, 0.3) is 0 Å². The molecule has 0 spiro atoms. The molecule has 0 aliphatic heterocycles. The highest BCUT2D eigenvalue weighted by Gasteiger charge is 2.72. The zero-order valence-electron chi connectivity index (χ0n) is 7.88. The Morgan fingerprint density at radius 2 is 1.50 bits per heavy atom. The van der Waals surface area contributed by atoms with Gasteiger partial charge in [-0.25, -0.2) is 0 Å². The smallest absolute Gasteiger partial charge is 0.459 e. The van der Waals surface area contributed by atoms with Crippen LogP contribution < -0.4 is 0 Å². The predicted molar refractivity (Wildman–Crippen MR) is 37.2 cm³/mol. The molecule has 0 fully saturated rings. The van der Waals surface area contributed by atoms with Crippen LogP contribution in [0, 0.1) is 0 Å². The number of ether oxygens (including phenoxy) is 1. The van der Waals surface area contributed by atoms with E-state index in [0.717, 1.165) is 6.92 Å². The van der Waals surface area contributed by atoms with Crippen molar-refractivity contribution in [2.75, 3.05) is 6.61 Å². The van der Waals surface area contributed by atoms with Crippen molar-refractivity contribution < 1.29 is 40.3 Å². The second-order valence-electron chi connectivity index (χ2n) is 2.87. The minimum absolute atomic E-state index is 0.806. The van der Waals surface area contributed by atoms with E-state index in [-0.39, 0.29) is 0 Å². The molecule has 0 heterocycles. The van der Waals surface area contributed by atoms with Crippen molar-refractivity contribution in [2.45, 2.75) is 31.4 Å². The van der Waals surface area contributed by atoms with E-state index < -0.39 is 37.0 Å². The maximum atomic E-state index is 12.5. The first-order valence-corrected chi connectivity index (χ1v) is 3.87. The zero-order chi connectivity index (χ0) is 13.2. The number of hydrogen-bond acceptors (Lipinski definition) is 2. The lowest BCUT2D eigenvalue weighted by molar-refractivity contribution is -0.356. The Kier molecular flexibility index (Phi) is 4.18. The van der Waals surface area contributed by atoms with E-state index in [4.69, 9.17) is 0 Å². The summed E-state index contributed by atoms with van der Waals surface area (Å²) in [4.78, 5) is 10.1. The van der Waals surface area contributed by atoms with Crippen molar-refractivity contribution in [3.8, 4) is 0 Å². The molecule has 0 atom stereocenters. The summed E-state index contributed by atoms with van der Waals surface area (Å²) in [6.45, 7) is -0.409. The van der Waals surface area contributed by atoms with Crippen molar-refractivity contribution in [1.29, 1.82) is 0 Å². The number of hydrogen-bond donors (Lipinski definition) is 0. The number of alkyl halides is 7. The fourth-order valence-electron chi connectivity index (χ4n) is 0.687. The van der Waals surface area contributed by atoms with E-state index in [0.29, 0.717) is 0 Å². The maximum absolute atomic E-state index is 12.5. The predicted octanol–water partition coefficient (Wildman–Crippen LogP) is 2.77. The fraction of sp³-hybridized carbons (Fsp3) is 0.857. The van der Waals surface area contributed by atoms with E-state index in [1.54, 1.807) is 0 Å². The fourth-order valence-corrected chi connectivity index (χ4v) is 0.687. The lowest BCUT2D eigenvalue weighted by Crippen LogP contribution is -2.52. The summed E-state index contributed by atoms with van der Waals surface area (Å²) in [5.74, 6) is -12.5. The number of halogens is 7. The monoisotopic (exact) mass is 256 g/mol. The largest absolute Gasteiger partial charge is 0.466 e. The van der Waals surface area contributed by atoms with E-state index in [2.05, 4.69) is 4.74 Å². The Labute approximate surface area is 85.4 Å². The molecule has 0 rings (SSSR count). The Bertz CT molecular complexity index is 258. The van der Waals surface area contributed by atoms with Gasteiger partial charge >= 0.3 is 24.0 Å². The summed E-state index contributed by atoms with van der Waals surface area (Å²) in [7, 11) is 0. The topological polar surface area (TPSA) is 26.3 Å². The van der Waals surface area contributed by atoms with E-state index >= 15 is 0 Å². The normalized spacial score (nSPS) is 13.8. The van der Waals surface area contributed by atoms with Gasteiger partial charge in [0.2, 0.25) is 0 Å². The third kappa shape index (κ3) is 3.24. The van der Waals surface area contributed by atoms with Gasteiger partial charge in [-0.3, -0.25) is 4.79 Å². The Morgan fingerprint density at radius 3 is 1.81 bits per heavy atom. The molecule has 0 unspecified atom stereocenters. The second kappa shape index (κ2) is 4.46. The molecule has 0 radical (unpaired) electrons. The summed E-state index contributed by atoms with van der Waals surface area (Å²) >= 11 is 0. The first-order valence-electron chi connectivity index (χ1n) is 3.87. The quantitative estimate of drug-likeness (QED) is 0.571. The molecule has 9 heteroatoms. The van der Waals surface area contributed by atoms with Crippen molar-refractivity contribution in [3.05, 3.63) is 0 Å². The average Bonchev–Trinajstić information content (AvgIpc) is 2.00. The zero-order valence-corrected chi connectivity index (χ0v) is 7.88. The van der Waals surface area contributed by atoms with Gasteiger partial charge in [0.15, 0.2) is 0 Å². The summed E-state index contributed by atoms with van der Waals surface area (Å²) < 4.78 is 88.0. The minimum atomic E-state index is -6.35. The van der Waals surface area contributed by atoms with Crippen LogP contribution >= 0.6 is 0 Å². The van der Waals surface area contributed by atoms with Crippen LogP contribution in [0.2, 0.25) is 0 Å². The van der Waals surface area contributed by atoms with Gasteiger partial charge in [-0.15, -0.1) is 0 Å². The Hall–Kier alpha value is -1.02. The first kappa shape index (κ1) is 15.0. The minimum Gasteiger partial charge on any atom is -0.466 e. The number of rotatable bonds is 4. The molecule has 0 aliphatic rings. The second-order valence-corrected chi connectivity index (χ2v) is 2.87. The molecule has 0 aromatic heterocycles. The summed E-state index contributed by atoms with van der Waals surface area (Å²) in [6.07, 6.45) is -8.26. The van der Waals surface area contributed by atoms with E-state index in [1.807, 2.05) is 0 Å². The van der Waals surface area contributed by atoms with Crippen molar-refractivity contribution in [3.63, 3.8) is 0 Å². The lowest BCUT2D eigenvalue weighted by Gasteiger charge is -2.27. The standard InChI is InChI=1S/C7H7F7O2/c1-4(15)16-3-2-5(8,9)6(10,11)7(12,13)14/h2-3H2,1H3. The van der Waals surface area contributed by atoms with Gasteiger partial charge in [-0.1, -0.05) is 0 Å². The molecule has 96 valence electrons. The van der Waals surface area contributed by atoms with Crippen LogP contribution in [0.1, 0.15) is 13.3 Å². The lowest BCUT2D eigenvalue weighted by atomic mass is 10.1. The molecule has 16 heavy (non-hydrogen) atoms. The molecule has 0 aromatic rings. The Balaban J connectivity index is 4.59. The highest BCUT2D eigenvalue weighted by Crippen LogP contribution is 2.47. The molecule has 0 aliphatic carbocycles.